The molecule has 0 bridgehead atoms. The van der Waals surface area contributed by atoms with E-state index in [0.29, 0.717) is 5.69 Å². The second kappa shape index (κ2) is 3.11. The average molecular weight is 216 g/mol. The van der Waals surface area contributed by atoms with Gasteiger partial charge in [0.1, 0.15) is 0 Å². The van der Waals surface area contributed by atoms with Gasteiger partial charge in [-0.1, -0.05) is 6.07 Å². The van der Waals surface area contributed by atoms with Crippen molar-refractivity contribution in [2.24, 2.45) is 5.84 Å². The van der Waals surface area contributed by atoms with Crippen molar-refractivity contribution in [3.05, 3.63) is 22.7 Å². The molecule has 3 nitrogen and oxygen atoms in total. The Morgan fingerprint density at radius 1 is 1.45 bits per heavy atom. The Labute approximate surface area is 74.1 Å². The molecule has 1 aromatic carbocycles. The van der Waals surface area contributed by atoms with Gasteiger partial charge in [0.15, 0.2) is 0 Å². The minimum atomic E-state index is 0.671. The number of hydrazine groups is 1. The summed E-state index contributed by atoms with van der Waals surface area (Å²) in [4.78, 5) is 0. The molecule has 0 unspecified atom stereocenters. The highest BCUT2D eigenvalue weighted by atomic mass is 79.9. The number of hydrogen-bond donors (Lipinski definition) is 2. The van der Waals surface area contributed by atoms with Crippen LogP contribution >= 0.6 is 15.9 Å². The molecule has 11 heavy (non-hydrogen) atoms. The molecule has 0 amide bonds. The van der Waals surface area contributed by atoms with Crippen molar-refractivity contribution in [1.29, 1.82) is 0 Å². The summed E-state index contributed by atoms with van der Waals surface area (Å²) in [5.41, 5.74) is 7.15. The monoisotopic (exact) mass is 215 g/mol. The standard InChI is InChI=1S/C7H10BrN3/c1-11(10)7-5(8)3-2-4-6(7)9/h2-4H,9-10H2,1H3. The third kappa shape index (κ3) is 1.64. The largest absolute Gasteiger partial charge is 0.397 e. The summed E-state index contributed by atoms with van der Waals surface area (Å²) in [5, 5.41) is 1.49. The lowest BCUT2D eigenvalue weighted by atomic mass is 10.3. The van der Waals surface area contributed by atoms with Crippen LogP contribution in [0.3, 0.4) is 0 Å². The zero-order valence-corrected chi connectivity index (χ0v) is 7.80. The van der Waals surface area contributed by atoms with E-state index in [2.05, 4.69) is 15.9 Å². The molecule has 0 spiro atoms. The molecular formula is C7H10BrN3. The van der Waals surface area contributed by atoms with Gasteiger partial charge in [-0.25, -0.2) is 5.84 Å². The molecule has 0 aliphatic rings. The molecule has 1 rings (SSSR count). The lowest BCUT2D eigenvalue weighted by Crippen LogP contribution is -2.26. The van der Waals surface area contributed by atoms with Crippen molar-refractivity contribution in [2.45, 2.75) is 0 Å². The number of para-hydroxylation sites is 1. The minimum absolute atomic E-state index is 0.671. The summed E-state index contributed by atoms with van der Waals surface area (Å²) < 4.78 is 0.905. The Balaban J connectivity index is 3.21. The number of anilines is 2. The van der Waals surface area contributed by atoms with E-state index in [0.717, 1.165) is 10.2 Å². The third-order valence-corrected chi connectivity index (χ3v) is 2.01. The van der Waals surface area contributed by atoms with Gasteiger partial charge in [-0.3, -0.25) is 0 Å². The first-order chi connectivity index (χ1) is 5.13. The van der Waals surface area contributed by atoms with Crippen molar-refractivity contribution in [3.63, 3.8) is 0 Å². The number of hydrogen-bond acceptors (Lipinski definition) is 3. The lowest BCUT2D eigenvalue weighted by molar-refractivity contribution is 1.02. The summed E-state index contributed by atoms with van der Waals surface area (Å²) in [6.07, 6.45) is 0. The second-order valence-electron chi connectivity index (χ2n) is 2.29. The SMILES string of the molecule is CN(N)c1c(N)cccc1Br. The van der Waals surface area contributed by atoms with Crippen LogP contribution in [0.2, 0.25) is 0 Å². The van der Waals surface area contributed by atoms with Gasteiger partial charge in [0, 0.05) is 11.5 Å². The van der Waals surface area contributed by atoms with Crippen LogP contribution in [0.15, 0.2) is 22.7 Å². The fourth-order valence-electron chi connectivity index (χ4n) is 0.904. The average Bonchev–Trinajstić information content (AvgIpc) is 1.85. The smallest absolute Gasteiger partial charge is 0.0886 e. The number of nitrogen functional groups attached to an aromatic ring is 1. The maximum Gasteiger partial charge on any atom is 0.0886 e. The van der Waals surface area contributed by atoms with Crippen LogP contribution in [0.5, 0.6) is 0 Å². The van der Waals surface area contributed by atoms with Crippen LogP contribution in [0.1, 0.15) is 0 Å². The van der Waals surface area contributed by atoms with E-state index in [9.17, 15) is 0 Å². The first-order valence-electron chi connectivity index (χ1n) is 3.15. The van der Waals surface area contributed by atoms with Crippen LogP contribution in [-0.2, 0) is 0 Å². The molecular weight excluding hydrogens is 206 g/mol. The van der Waals surface area contributed by atoms with E-state index in [4.69, 9.17) is 11.6 Å². The van der Waals surface area contributed by atoms with E-state index < -0.39 is 0 Å². The predicted molar refractivity (Wildman–Crippen MR) is 51.1 cm³/mol. The van der Waals surface area contributed by atoms with E-state index >= 15 is 0 Å². The van der Waals surface area contributed by atoms with Crippen LogP contribution < -0.4 is 16.6 Å². The maximum atomic E-state index is 5.67. The summed E-state index contributed by atoms with van der Waals surface area (Å²) in [6.45, 7) is 0. The highest BCUT2D eigenvalue weighted by Crippen LogP contribution is 2.29. The van der Waals surface area contributed by atoms with Gasteiger partial charge < -0.3 is 10.7 Å². The molecule has 60 valence electrons. The second-order valence-corrected chi connectivity index (χ2v) is 3.14. The summed E-state index contributed by atoms with van der Waals surface area (Å²) in [6, 6.07) is 5.57. The Kier molecular flexibility index (Phi) is 2.36. The summed E-state index contributed by atoms with van der Waals surface area (Å²) in [7, 11) is 1.75. The fraction of sp³-hybridized carbons (Fsp3) is 0.143. The molecule has 0 saturated heterocycles. The van der Waals surface area contributed by atoms with Gasteiger partial charge in [0.25, 0.3) is 0 Å². The molecule has 0 saturated carbocycles. The molecule has 0 aliphatic heterocycles. The topological polar surface area (TPSA) is 55.3 Å². The lowest BCUT2D eigenvalue weighted by Gasteiger charge is -2.15. The molecule has 4 N–H and O–H groups in total. The number of halogens is 1. The highest BCUT2D eigenvalue weighted by molar-refractivity contribution is 9.10. The van der Waals surface area contributed by atoms with Crippen LogP contribution in [-0.4, -0.2) is 7.05 Å². The van der Waals surface area contributed by atoms with E-state index in [1.807, 2.05) is 18.2 Å². The highest BCUT2D eigenvalue weighted by Gasteiger charge is 2.04. The number of benzene rings is 1. The van der Waals surface area contributed by atoms with Crippen LogP contribution in [0, 0.1) is 0 Å². The number of nitrogens with zero attached hydrogens (tertiary/aromatic N) is 1. The predicted octanol–water partition coefficient (Wildman–Crippen LogP) is 1.34. The van der Waals surface area contributed by atoms with E-state index in [1.165, 1.54) is 5.01 Å². The van der Waals surface area contributed by atoms with Gasteiger partial charge in [-0.05, 0) is 28.1 Å². The van der Waals surface area contributed by atoms with Gasteiger partial charge >= 0.3 is 0 Å². The van der Waals surface area contributed by atoms with Crippen LogP contribution in [0.4, 0.5) is 11.4 Å². The zero-order valence-electron chi connectivity index (χ0n) is 6.21. The quantitative estimate of drug-likeness (QED) is 0.423. The third-order valence-electron chi connectivity index (χ3n) is 1.37. The molecule has 4 heteroatoms. The van der Waals surface area contributed by atoms with Crippen molar-refractivity contribution >= 4 is 27.3 Å². The maximum absolute atomic E-state index is 5.67. The molecule has 0 radical (unpaired) electrons. The van der Waals surface area contributed by atoms with Crippen molar-refractivity contribution in [3.8, 4) is 0 Å². The van der Waals surface area contributed by atoms with E-state index in [-0.39, 0.29) is 0 Å². The summed E-state index contributed by atoms with van der Waals surface area (Å²) in [5.74, 6) is 5.54. The Hall–Kier alpha value is -0.740. The molecule has 1 aromatic rings. The Morgan fingerprint density at radius 2 is 2.09 bits per heavy atom. The Morgan fingerprint density at radius 3 is 2.45 bits per heavy atom. The molecule has 0 atom stereocenters. The van der Waals surface area contributed by atoms with Gasteiger partial charge in [0.2, 0.25) is 0 Å². The molecule has 0 heterocycles. The normalized spacial score (nSPS) is 9.73. The van der Waals surface area contributed by atoms with Gasteiger partial charge in [-0.2, -0.15) is 0 Å². The molecule has 0 fully saturated rings. The van der Waals surface area contributed by atoms with Crippen LogP contribution in [0.25, 0.3) is 0 Å². The number of rotatable bonds is 1. The first kappa shape index (κ1) is 8.36. The summed E-state index contributed by atoms with van der Waals surface area (Å²) >= 11 is 3.35. The van der Waals surface area contributed by atoms with Gasteiger partial charge in [-0.15, -0.1) is 0 Å². The number of nitrogens with two attached hydrogens (primary N) is 2. The first-order valence-corrected chi connectivity index (χ1v) is 3.94. The van der Waals surface area contributed by atoms with Gasteiger partial charge in [0.05, 0.1) is 11.4 Å². The van der Waals surface area contributed by atoms with Crippen molar-refractivity contribution in [2.75, 3.05) is 17.8 Å². The fourth-order valence-corrected chi connectivity index (χ4v) is 1.57. The van der Waals surface area contributed by atoms with Crippen molar-refractivity contribution in [1.82, 2.24) is 0 Å². The van der Waals surface area contributed by atoms with Crippen molar-refractivity contribution < 1.29 is 0 Å². The molecule has 0 aromatic heterocycles. The van der Waals surface area contributed by atoms with E-state index in [1.54, 1.807) is 7.05 Å². The zero-order chi connectivity index (χ0) is 8.43. The molecule has 0 aliphatic carbocycles. The minimum Gasteiger partial charge on any atom is -0.397 e. The Bertz CT molecular complexity index is 240.